The standard InChI is InChI=1S/C51H47N3O5S/c1-50(2)39-12-10-11-13-41(39)53(5)44(50)14-8-7-9-15-45-51(3,4)40-30-34(20-27-42(40)54(45)6)49(58)52-28-29-59-37-24-18-32(19-25-37)47(57)46-38-26-23-36(56)31-43(38)60-48(46)33-16-21-35(55)22-17-33/h7-27,30-31H,28-29H2,1-6H3,(H2-,52,55,56,57,58)/p+1. The number of phenolic OH excluding ortho intramolecular Hbond substituents is 2. The van der Waals surface area contributed by atoms with Crippen molar-refractivity contribution in [2.24, 2.45) is 0 Å². The number of amides is 1. The van der Waals surface area contributed by atoms with E-state index in [2.05, 4.69) is 111 Å². The minimum absolute atomic E-state index is 0.0753. The van der Waals surface area contributed by atoms with Gasteiger partial charge in [0.05, 0.1) is 12.0 Å². The lowest BCUT2D eigenvalue weighted by molar-refractivity contribution is -0.401. The van der Waals surface area contributed by atoms with Crippen molar-refractivity contribution in [3.63, 3.8) is 0 Å². The number of rotatable bonds is 11. The van der Waals surface area contributed by atoms with Crippen LogP contribution in [0.25, 0.3) is 20.5 Å². The number of benzene rings is 5. The Bertz CT molecular complexity index is 2790. The smallest absolute Gasteiger partial charge is 0.251 e. The van der Waals surface area contributed by atoms with Gasteiger partial charge in [0.2, 0.25) is 5.69 Å². The van der Waals surface area contributed by atoms with Crippen molar-refractivity contribution in [2.75, 3.05) is 32.1 Å². The topological polar surface area (TPSA) is 102 Å². The van der Waals surface area contributed by atoms with E-state index in [9.17, 15) is 19.8 Å². The molecule has 3 heterocycles. The number of phenols is 2. The highest BCUT2D eigenvalue weighted by Gasteiger charge is 2.42. The van der Waals surface area contributed by atoms with E-state index >= 15 is 0 Å². The largest absolute Gasteiger partial charge is 0.508 e. The molecule has 8 rings (SSSR count). The highest BCUT2D eigenvalue weighted by molar-refractivity contribution is 7.22. The molecule has 2 aliphatic rings. The molecule has 0 bridgehead atoms. The molecule has 0 unspecified atom stereocenters. The van der Waals surface area contributed by atoms with Crippen LogP contribution in [0.2, 0.25) is 0 Å². The van der Waals surface area contributed by atoms with Crippen LogP contribution in [0.3, 0.4) is 0 Å². The molecule has 8 nitrogen and oxygen atoms in total. The van der Waals surface area contributed by atoms with Crippen molar-refractivity contribution >= 4 is 50.2 Å². The highest BCUT2D eigenvalue weighted by Crippen LogP contribution is 2.47. The van der Waals surface area contributed by atoms with Crippen molar-refractivity contribution in [2.45, 2.75) is 38.5 Å². The second-order valence-corrected chi connectivity index (χ2v) is 17.3. The zero-order valence-corrected chi connectivity index (χ0v) is 35.4. The number of likely N-dealkylation sites (N-methyl/N-ethyl adjacent to an activating group) is 1. The predicted molar refractivity (Wildman–Crippen MR) is 243 cm³/mol. The monoisotopic (exact) mass is 814 g/mol. The number of thiophene rings is 1. The maximum absolute atomic E-state index is 14.0. The average molecular weight is 815 g/mol. The fourth-order valence-electron chi connectivity index (χ4n) is 8.55. The number of anilines is 1. The molecular weight excluding hydrogens is 767 g/mol. The zero-order valence-electron chi connectivity index (χ0n) is 34.6. The third kappa shape index (κ3) is 7.30. The number of ketones is 1. The molecule has 0 fully saturated rings. The van der Waals surface area contributed by atoms with E-state index in [4.69, 9.17) is 4.74 Å². The molecule has 1 aromatic heterocycles. The molecule has 0 saturated carbocycles. The van der Waals surface area contributed by atoms with E-state index in [0.29, 0.717) is 29.0 Å². The Hall–Kier alpha value is -6.71. The first-order chi connectivity index (χ1) is 28.8. The second-order valence-electron chi connectivity index (χ2n) is 16.3. The number of fused-ring (bicyclic) bond motifs is 3. The number of ether oxygens (including phenoxy) is 1. The van der Waals surface area contributed by atoms with Crippen molar-refractivity contribution in [1.29, 1.82) is 0 Å². The lowest BCUT2D eigenvalue weighted by atomic mass is 9.81. The summed E-state index contributed by atoms with van der Waals surface area (Å²) in [6.07, 6.45) is 10.6. The first-order valence-electron chi connectivity index (χ1n) is 20.0. The summed E-state index contributed by atoms with van der Waals surface area (Å²) >= 11 is 1.42. The summed E-state index contributed by atoms with van der Waals surface area (Å²) < 4.78 is 9.01. The Morgan fingerprint density at radius 2 is 1.52 bits per heavy atom. The maximum Gasteiger partial charge on any atom is 0.251 e. The molecule has 0 radical (unpaired) electrons. The molecule has 0 spiro atoms. The zero-order chi connectivity index (χ0) is 42.3. The summed E-state index contributed by atoms with van der Waals surface area (Å²) in [7, 11) is 4.19. The first-order valence-corrected chi connectivity index (χ1v) is 20.8. The maximum atomic E-state index is 14.0. The van der Waals surface area contributed by atoms with Gasteiger partial charge in [-0.25, -0.2) is 0 Å². The average Bonchev–Trinajstić information content (AvgIpc) is 3.78. The van der Waals surface area contributed by atoms with Gasteiger partial charge in [-0.15, -0.1) is 11.3 Å². The summed E-state index contributed by atoms with van der Waals surface area (Å²) in [4.78, 5) is 30.2. The van der Waals surface area contributed by atoms with Gasteiger partial charge in [-0.2, -0.15) is 4.58 Å². The lowest BCUT2D eigenvalue weighted by Gasteiger charge is -2.23. The van der Waals surface area contributed by atoms with Crippen LogP contribution in [-0.2, 0) is 10.8 Å². The number of para-hydroxylation sites is 1. The van der Waals surface area contributed by atoms with Gasteiger partial charge < -0.3 is 25.2 Å². The molecule has 302 valence electrons. The van der Waals surface area contributed by atoms with Crippen LogP contribution in [0.4, 0.5) is 11.4 Å². The summed E-state index contributed by atoms with van der Waals surface area (Å²) in [5.41, 5.74) is 9.14. The van der Waals surface area contributed by atoms with Gasteiger partial charge in [-0.1, -0.05) is 50.3 Å². The van der Waals surface area contributed by atoms with Crippen LogP contribution in [0.15, 0.2) is 145 Å². The number of allylic oxidation sites excluding steroid dienone is 6. The second kappa shape index (κ2) is 15.8. The van der Waals surface area contributed by atoms with Crippen molar-refractivity contribution in [3.8, 4) is 27.7 Å². The molecule has 2 aliphatic heterocycles. The highest BCUT2D eigenvalue weighted by atomic mass is 32.1. The van der Waals surface area contributed by atoms with Crippen LogP contribution >= 0.6 is 11.3 Å². The molecule has 0 aliphatic carbocycles. The van der Waals surface area contributed by atoms with E-state index < -0.39 is 0 Å². The minimum Gasteiger partial charge on any atom is -0.508 e. The summed E-state index contributed by atoms with van der Waals surface area (Å²) in [5, 5.41) is 23.7. The van der Waals surface area contributed by atoms with Gasteiger partial charge in [0.1, 0.15) is 30.9 Å². The Morgan fingerprint density at radius 3 is 2.27 bits per heavy atom. The third-order valence-corrected chi connectivity index (χ3v) is 13.0. The number of nitrogens with zero attached hydrogens (tertiary/aromatic N) is 2. The van der Waals surface area contributed by atoms with E-state index in [1.807, 2.05) is 18.2 Å². The van der Waals surface area contributed by atoms with Gasteiger partial charge in [-0.05, 0) is 116 Å². The van der Waals surface area contributed by atoms with Gasteiger partial charge in [0.25, 0.3) is 5.91 Å². The van der Waals surface area contributed by atoms with E-state index in [-0.39, 0.29) is 40.6 Å². The molecule has 9 heteroatoms. The number of hydrogen-bond donors (Lipinski definition) is 3. The number of aromatic hydroxyl groups is 2. The van der Waals surface area contributed by atoms with E-state index in [1.54, 1.807) is 66.7 Å². The normalized spacial score (nSPS) is 16.0. The van der Waals surface area contributed by atoms with Gasteiger partial charge in [0.15, 0.2) is 11.5 Å². The van der Waals surface area contributed by atoms with Crippen LogP contribution in [0, 0.1) is 0 Å². The Kier molecular flexibility index (Phi) is 10.6. The molecule has 1 amide bonds. The number of carbonyl (C=O) groups excluding carboxylic acids is 2. The molecule has 0 saturated heterocycles. The molecule has 3 N–H and O–H groups in total. The van der Waals surface area contributed by atoms with Crippen molar-refractivity contribution in [3.05, 3.63) is 173 Å². The Balaban J connectivity index is 0.880. The molecule has 5 aromatic carbocycles. The quantitative estimate of drug-likeness (QED) is 0.0521. The number of nitrogens with one attached hydrogen (secondary N) is 1. The fourth-order valence-corrected chi connectivity index (χ4v) is 9.78. The van der Waals surface area contributed by atoms with Crippen LogP contribution in [-0.4, -0.2) is 59.4 Å². The number of hydrogen-bond acceptors (Lipinski definition) is 7. The van der Waals surface area contributed by atoms with E-state index in [0.717, 1.165) is 37.5 Å². The molecule has 60 heavy (non-hydrogen) atoms. The van der Waals surface area contributed by atoms with Crippen molar-refractivity contribution < 1.29 is 29.1 Å². The van der Waals surface area contributed by atoms with Gasteiger partial charge >= 0.3 is 0 Å². The summed E-state index contributed by atoms with van der Waals surface area (Å²) in [6, 6.07) is 33.1. The van der Waals surface area contributed by atoms with E-state index in [1.165, 1.54) is 28.3 Å². The molecule has 0 atom stereocenters. The van der Waals surface area contributed by atoms with Gasteiger partial charge in [0, 0.05) is 73.2 Å². The number of carbonyl (C=O) groups is 2. The Morgan fingerprint density at radius 1 is 0.800 bits per heavy atom. The van der Waals surface area contributed by atoms with Crippen LogP contribution in [0.1, 0.15) is 65.1 Å². The Labute approximate surface area is 354 Å². The van der Waals surface area contributed by atoms with Crippen molar-refractivity contribution in [1.82, 2.24) is 5.32 Å². The summed E-state index contributed by atoms with van der Waals surface area (Å²) in [6.45, 7) is 9.45. The summed E-state index contributed by atoms with van der Waals surface area (Å²) in [5.74, 6) is 0.500. The van der Waals surface area contributed by atoms with Crippen LogP contribution in [0.5, 0.6) is 17.2 Å². The predicted octanol–water partition coefficient (Wildman–Crippen LogP) is 10.4. The third-order valence-electron chi connectivity index (χ3n) is 11.8. The first kappa shape index (κ1) is 40.1. The minimum atomic E-state index is -0.318. The van der Waals surface area contributed by atoms with Crippen LogP contribution < -0.4 is 15.0 Å². The fraction of sp³-hybridized carbons (Fsp3) is 0.196. The van der Waals surface area contributed by atoms with Gasteiger partial charge in [-0.3, -0.25) is 9.59 Å². The molecular formula is C51H48N3O5S+. The SMILES string of the molecule is CN1C(=CC=CC=CC2=[N+](C)c3ccccc3C2(C)C)C(C)(C)c2cc(C(=O)NCCOc3ccc(C(=O)c4c(-c5ccc(O)cc5)sc5cc(O)ccc45)cc3)ccc21. The molecule has 6 aromatic rings. The lowest BCUT2D eigenvalue weighted by Crippen LogP contribution is -2.28.